The van der Waals surface area contributed by atoms with Crippen LogP contribution >= 0.6 is 0 Å². The third-order valence-corrected chi connectivity index (χ3v) is 4.92. The molecule has 2 atom stereocenters. The van der Waals surface area contributed by atoms with Crippen molar-refractivity contribution in [2.45, 2.75) is 50.7 Å². The van der Waals surface area contributed by atoms with Crippen molar-refractivity contribution >= 4 is 6.21 Å². The molecule has 1 saturated carbocycles. The van der Waals surface area contributed by atoms with Crippen LogP contribution in [0.25, 0.3) is 0 Å². The zero-order valence-corrected chi connectivity index (χ0v) is 14.9. The second-order valence-corrected chi connectivity index (χ2v) is 6.82. The molecule has 0 saturated heterocycles. The van der Waals surface area contributed by atoms with E-state index in [1.807, 2.05) is 0 Å². The summed E-state index contributed by atoms with van der Waals surface area (Å²) in [6, 6.07) is 5.70. The summed E-state index contributed by atoms with van der Waals surface area (Å²) in [5, 5.41) is 10.4. The van der Waals surface area contributed by atoms with Crippen molar-refractivity contribution in [1.29, 1.82) is 0 Å². The van der Waals surface area contributed by atoms with Crippen molar-refractivity contribution in [3.63, 3.8) is 0 Å². The maximum Gasteiger partial charge on any atom is 0.331 e. The van der Waals surface area contributed by atoms with Gasteiger partial charge in [-0.1, -0.05) is 25.0 Å². The molecule has 0 spiro atoms. The Morgan fingerprint density at radius 1 is 1.26 bits per heavy atom. The Bertz CT molecular complexity index is 933. The fourth-order valence-corrected chi connectivity index (χ4v) is 3.29. The third kappa shape index (κ3) is 4.51. The number of aryl methyl sites for hydroxylation is 1. The lowest BCUT2D eigenvalue weighted by molar-refractivity contribution is 0.386. The average Bonchev–Trinajstić information content (AvgIpc) is 2.64. The van der Waals surface area contributed by atoms with Gasteiger partial charge in [0, 0.05) is 18.8 Å². The highest BCUT2D eigenvalue weighted by atomic mass is 19.1. The standard InChI is InChI=1S/C19H23FN4O3/c20-13-7-5-12(6-8-13)9-10-24-18(26)14(17(25)23-19(24)27)11-22-16-4-2-1-3-15(16)21/h5-8,11,15-16,26H,1-4,9-10,21H2,(H,23,25,27)/t15-,16-/m1/s1. The molecular weight excluding hydrogens is 351 g/mol. The van der Waals surface area contributed by atoms with Crippen LogP contribution in [0.5, 0.6) is 5.88 Å². The molecule has 1 aliphatic rings. The molecule has 4 N–H and O–H groups in total. The number of aromatic hydroxyl groups is 1. The van der Waals surface area contributed by atoms with E-state index in [1.54, 1.807) is 12.1 Å². The minimum Gasteiger partial charge on any atom is -0.494 e. The second-order valence-electron chi connectivity index (χ2n) is 6.82. The molecule has 1 aromatic carbocycles. The topological polar surface area (TPSA) is 113 Å². The molecule has 7 nitrogen and oxygen atoms in total. The lowest BCUT2D eigenvalue weighted by Gasteiger charge is -2.24. The number of rotatable bonds is 5. The Kier molecular flexibility index (Phi) is 5.85. The monoisotopic (exact) mass is 374 g/mol. The molecule has 3 rings (SSSR count). The first-order chi connectivity index (χ1) is 13.0. The first kappa shape index (κ1) is 19.0. The number of aromatic amines is 1. The van der Waals surface area contributed by atoms with Crippen LogP contribution in [0.4, 0.5) is 4.39 Å². The zero-order valence-electron chi connectivity index (χ0n) is 14.9. The summed E-state index contributed by atoms with van der Waals surface area (Å²) in [4.78, 5) is 30.7. The van der Waals surface area contributed by atoms with E-state index in [-0.39, 0.29) is 30.0 Å². The number of nitrogens with zero attached hydrogens (tertiary/aromatic N) is 2. The number of aromatic nitrogens is 2. The van der Waals surface area contributed by atoms with E-state index >= 15 is 0 Å². The number of benzene rings is 1. The fraction of sp³-hybridized carbons (Fsp3) is 0.421. The largest absolute Gasteiger partial charge is 0.494 e. The average molecular weight is 374 g/mol. The minimum atomic E-state index is -0.703. The predicted molar refractivity (Wildman–Crippen MR) is 101 cm³/mol. The van der Waals surface area contributed by atoms with Gasteiger partial charge in [-0.2, -0.15) is 0 Å². The van der Waals surface area contributed by atoms with Crippen molar-refractivity contribution in [2.75, 3.05) is 0 Å². The smallest absolute Gasteiger partial charge is 0.331 e. The van der Waals surface area contributed by atoms with E-state index in [4.69, 9.17) is 5.73 Å². The fourth-order valence-electron chi connectivity index (χ4n) is 3.29. The molecule has 1 fully saturated rings. The Morgan fingerprint density at radius 2 is 1.96 bits per heavy atom. The van der Waals surface area contributed by atoms with Gasteiger partial charge in [-0.15, -0.1) is 0 Å². The van der Waals surface area contributed by atoms with Gasteiger partial charge in [0.05, 0.1) is 6.04 Å². The van der Waals surface area contributed by atoms with E-state index in [9.17, 15) is 19.1 Å². The Hall–Kier alpha value is -2.74. The van der Waals surface area contributed by atoms with Crippen LogP contribution in [0, 0.1) is 5.82 Å². The van der Waals surface area contributed by atoms with Gasteiger partial charge in [-0.25, -0.2) is 9.18 Å². The number of halogens is 1. The van der Waals surface area contributed by atoms with Crippen molar-refractivity contribution in [1.82, 2.24) is 9.55 Å². The Morgan fingerprint density at radius 3 is 2.67 bits per heavy atom. The van der Waals surface area contributed by atoms with E-state index in [0.717, 1.165) is 35.8 Å². The van der Waals surface area contributed by atoms with E-state index < -0.39 is 17.1 Å². The highest BCUT2D eigenvalue weighted by molar-refractivity contribution is 5.82. The van der Waals surface area contributed by atoms with Crippen LogP contribution in [-0.2, 0) is 13.0 Å². The molecular formula is C19H23FN4O3. The van der Waals surface area contributed by atoms with E-state index in [1.165, 1.54) is 18.3 Å². The molecule has 27 heavy (non-hydrogen) atoms. The normalized spacial score (nSPS) is 20.2. The van der Waals surface area contributed by atoms with Crippen LogP contribution < -0.4 is 17.0 Å². The molecule has 2 aromatic rings. The summed E-state index contributed by atoms with van der Waals surface area (Å²) in [6.45, 7) is 0.136. The highest BCUT2D eigenvalue weighted by Gasteiger charge is 2.21. The molecule has 1 aromatic heterocycles. The number of H-pyrrole nitrogens is 1. The van der Waals surface area contributed by atoms with Gasteiger partial charge >= 0.3 is 5.69 Å². The lowest BCUT2D eigenvalue weighted by atomic mass is 9.91. The van der Waals surface area contributed by atoms with Crippen LogP contribution in [0.3, 0.4) is 0 Å². The number of nitrogens with two attached hydrogens (primary N) is 1. The Labute approximate surface area is 155 Å². The maximum absolute atomic E-state index is 13.0. The van der Waals surface area contributed by atoms with Gasteiger partial charge in [0.25, 0.3) is 5.56 Å². The van der Waals surface area contributed by atoms with Crippen LogP contribution in [0.2, 0.25) is 0 Å². The molecule has 8 heteroatoms. The molecule has 1 aliphatic carbocycles. The SMILES string of the molecule is N[C@@H]1CCCC[C@H]1N=Cc1c(O)n(CCc2ccc(F)cc2)c(=O)[nH]c1=O. The summed E-state index contributed by atoms with van der Waals surface area (Å²) in [5.74, 6) is -0.777. The van der Waals surface area contributed by atoms with Gasteiger partial charge < -0.3 is 10.8 Å². The van der Waals surface area contributed by atoms with Crippen molar-refractivity contribution in [3.05, 3.63) is 62.0 Å². The second kappa shape index (κ2) is 8.30. The third-order valence-electron chi connectivity index (χ3n) is 4.92. The number of hydrogen-bond donors (Lipinski definition) is 3. The van der Waals surface area contributed by atoms with E-state index in [0.29, 0.717) is 6.42 Å². The quantitative estimate of drug-likeness (QED) is 0.685. The molecule has 0 radical (unpaired) electrons. The number of nitrogens with one attached hydrogen (secondary N) is 1. The first-order valence-electron chi connectivity index (χ1n) is 9.05. The number of aliphatic imine (C=N–C) groups is 1. The van der Waals surface area contributed by atoms with Crippen molar-refractivity contribution in [2.24, 2.45) is 10.7 Å². The zero-order chi connectivity index (χ0) is 19.4. The minimum absolute atomic E-state index is 0.0634. The summed E-state index contributed by atoms with van der Waals surface area (Å²) < 4.78 is 14.1. The van der Waals surface area contributed by atoms with Crippen molar-refractivity contribution < 1.29 is 9.50 Å². The number of hydrogen-bond acceptors (Lipinski definition) is 5. The van der Waals surface area contributed by atoms with Gasteiger partial charge in [0.1, 0.15) is 11.4 Å². The first-order valence-corrected chi connectivity index (χ1v) is 9.05. The highest BCUT2D eigenvalue weighted by Crippen LogP contribution is 2.20. The lowest BCUT2D eigenvalue weighted by Crippen LogP contribution is -2.37. The molecule has 144 valence electrons. The Balaban J connectivity index is 1.83. The van der Waals surface area contributed by atoms with Crippen molar-refractivity contribution in [3.8, 4) is 5.88 Å². The van der Waals surface area contributed by atoms with Crippen LogP contribution in [-0.4, -0.2) is 33.0 Å². The molecule has 0 amide bonds. The van der Waals surface area contributed by atoms with Gasteiger partial charge in [0.15, 0.2) is 0 Å². The summed E-state index contributed by atoms with van der Waals surface area (Å²) in [6.07, 6.45) is 5.49. The molecule has 0 aliphatic heterocycles. The van der Waals surface area contributed by atoms with Gasteiger partial charge in [-0.3, -0.25) is 19.3 Å². The van der Waals surface area contributed by atoms with Gasteiger partial charge in [0.2, 0.25) is 5.88 Å². The predicted octanol–water partition coefficient (Wildman–Crippen LogP) is 1.31. The summed E-state index contributed by atoms with van der Waals surface area (Å²) >= 11 is 0. The maximum atomic E-state index is 13.0. The molecule has 0 bridgehead atoms. The molecule has 1 heterocycles. The van der Waals surface area contributed by atoms with Gasteiger partial charge in [-0.05, 0) is 37.0 Å². The summed E-state index contributed by atoms with van der Waals surface area (Å²) in [7, 11) is 0. The summed E-state index contributed by atoms with van der Waals surface area (Å²) in [5.41, 5.74) is 5.40. The van der Waals surface area contributed by atoms with E-state index in [2.05, 4.69) is 9.98 Å². The molecule has 0 unspecified atom stereocenters. The van der Waals surface area contributed by atoms with Crippen LogP contribution in [0.1, 0.15) is 36.8 Å². The van der Waals surface area contributed by atoms with Crippen LogP contribution in [0.15, 0.2) is 38.8 Å².